The second-order valence-corrected chi connectivity index (χ2v) is 7.34. The summed E-state index contributed by atoms with van der Waals surface area (Å²) in [6.45, 7) is 3.95. The summed E-state index contributed by atoms with van der Waals surface area (Å²) in [7, 11) is 1.63. The predicted octanol–water partition coefficient (Wildman–Crippen LogP) is 5.24. The molecule has 1 N–H and O–H groups in total. The number of thioether (sulfide) groups is 1. The minimum Gasteiger partial charge on any atom is -0.494 e. The van der Waals surface area contributed by atoms with E-state index in [2.05, 4.69) is 10.3 Å². The van der Waals surface area contributed by atoms with E-state index < -0.39 is 0 Å². The number of nitrogens with one attached hydrogen (secondary N) is 1. The second kappa shape index (κ2) is 7.98. The molecule has 4 nitrogen and oxygen atoms in total. The third-order valence-corrected chi connectivity index (χ3v) is 5.33. The number of para-hydroxylation sites is 1. The topological polar surface area (TPSA) is 51.2 Å². The molecule has 0 bridgehead atoms. The van der Waals surface area contributed by atoms with Crippen molar-refractivity contribution in [1.82, 2.24) is 4.98 Å². The van der Waals surface area contributed by atoms with Crippen LogP contribution in [-0.4, -0.2) is 23.8 Å². The average Bonchev–Trinajstić information content (AvgIpc) is 2.63. The van der Waals surface area contributed by atoms with Gasteiger partial charge >= 0.3 is 0 Å². The highest BCUT2D eigenvalue weighted by atomic mass is 35.5. The van der Waals surface area contributed by atoms with Crippen molar-refractivity contribution in [1.29, 1.82) is 0 Å². The number of aryl methyl sites for hydroxylation is 2. The van der Waals surface area contributed by atoms with Crippen LogP contribution in [0.15, 0.2) is 47.5 Å². The lowest BCUT2D eigenvalue weighted by Gasteiger charge is -2.10. The Morgan fingerprint density at radius 3 is 2.73 bits per heavy atom. The fourth-order valence-electron chi connectivity index (χ4n) is 2.61. The van der Waals surface area contributed by atoms with E-state index in [1.165, 1.54) is 11.8 Å². The van der Waals surface area contributed by atoms with Crippen LogP contribution in [0.5, 0.6) is 5.75 Å². The molecular weight excluding hydrogens is 368 g/mol. The smallest absolute Gasteiger partial charge is 0.234 e. The Morgan fingerprint density at radius 1 is 1.19 bits per heavy atom. The predicted molar refractivity (Wildman–Crippen MR) is 109 cm³/mol. The van der Waals surface area contributed by atoms with Gasteiger partial charge in [-0.15, -0.1) is 0 Å². The third kappa shape index (κ3) is 4.11. The molecule has 6 heteroatoms. The molecule has 3 aromatic rings. The number of hydrogen-bond acceptors (Lipinski definition) is 4. The molecule has 0 fully saturated rings. The monoisotopic (exact) mass is 386 g/mol. The molecule has 0 atom stereocenters. The summed E-state index contributed by atoms with van der Waals surface area (Å²) < 4.78 is 5.40. The number of hydrogen-bond donors (Lipinski definition) is 1. The molecular formula is C20H19ClN2O2S. The van der Waals surface area contributed by atoms with Gasteiger partial charge in [0.2, 0.25) is 5.91 Å². The van der Waals surface area contributed by atoms with Gasteiger partial charge in [-0.3, -0.25) is 4.79 Å². The van der Waals surface area contributed by atoms with E-state index in [0.29, 0.717) is 10.7 Å². The van der Waals surface area contributed by atoms with Crippen molar-refractivity contribution >= 4 is 45.9 Å². The molecule has 1 heterocycles. The number of anilines is 1. The van der Waals surface area contributed by atoms with Crippen molar-refractivity contribution in [3.63, 3.8) is 0 Å². The fraction of sp³-hybridized carbons (Fsp3) is 0.200. The van der Waals surface area contributed by atoms with Crippen molar-refractivity contribution in [2.45, 2.75) is 18.9 Å². The summed E-state index contributed by atoms with van der Waals surface area (Å²) in [6.07, 6.45) is 0. The molecule has 1 amide bonds. The average molecular weight is 387 g/mol. The van der Waals surface area contributed by atoms with E-state index >= 15 is 0 Å². The van der Waals surface area contributed by atoms with Crippen molar-refractivity contribution in [3.8, 4) is 5.75 Å². The molecule has 0 aliphatic carbocycles. The first-order valence-electron chi connectivity index (χ1n) is 8.11. The molecule has 134 valence electrons. The van der Waals surface area contributed by atoms with Crippen LogP contribution >= 0.6 is 23.4 Å². The summed E-state index contributed by atoms with van der Waals surface area (Å²) in [5.41, 5.74) is 3.57. The molecule has 0 unspecified atom stereocenters. The van der Waals surface area contributed by atoms with Crippen LogP contribution in [0.3, 0.4) is 0 Å². The lowest BCUT2D eigenvalue weighted by Crippen LogP contribution is -2.14. The molecule has 0 spiro atoms. The minimum atomic E-state index is -0.102. The molecule has 0 saturated heterocycles. The van der Waals surface area contributed by atoms with Crippen LogP contribution in [0.1, 0.15) is 11.1 Å². The van der Waals surface area contributed by atoms with Gasteiger partial charge in [-0.25, -0.2) is 4.98 Å². The SMILES string of the molecule is COc1cccc2c(C)cc(SCC(=O)Nc3ccc(C)c(Cl)c3)nc12. The van der Waals surface area contributed by atoms with E-state index in [1.54, 1.807) is 13.2 Å². The highest BCUT2D eigenvalue weighted by molar-refractivity contribution is 7.99. The number of ether oxygens (including phenoxy) is 1. The van der Waals surface area contributed by atoms with Crippen molar-refractivity contribution in [2.24, 2.45) is 0 Å². The Bertz CT molecular complexity index is 975. The molecule has 0 aliphatic heterocycles. The highest BCUT2D eigenvalue weighted by Crippen LogP contribution is 2.29. The lowest BCUT2D eigenvalue weighted by molar-refractivity contribution is -0.113. The van der Waals surface area contributed by atoms with Crippen LogP contribution in [0.2, 0.25) is 5.02 Å². The zero-order chi connectivity index (χ0) is 18.7. The zero-order valence-corrected chi connectivity index (χ0v) is 16.4. The van der Waals surface area contributed by atoms with Crippen molar-refractivity contribution in [2.75, 3.05) is 18.2 Å². The number of nitrogens with zero attached hydrogens (tertiary/aromatic N) is 1. The number of amides is 1. The standard InChI is InChI=1S/C20H19ClN2O2S/c1-12-7-8-14(10-16(12)21)22-18(24)11-26-19-9-13(2)15-5-4-6-17(25-3)20(15)23-19/h4-10H,11H2,1-3H3,(H,22,24). The largest absolute Gasteiger partial charge is 0.494 e. The number of fused-ring (bicyclic) bond motifs is 1. The number of methoxy groups -OCH3 is 1. The van der Waals surface area contributed by atoms with Gasteiger partial charge in [0.15, 0.2) is 0 Å². The zero-order valence-electron chi connectivity index (χ0n) is 14.8. The van der Waals surface area contributed by atoms with Gasteiger partial charge in [0.1, 0.15) is 11.3 Å². The summed E-state index contributed by atoms with van der Waals surface area (Å²) in [5, 5.41) is 5.33. The molecule has 3 rings (SSSR count). The third-order valence-electron chi connectivity index (χ3n) is 4.01. The van der Waals surface area contributed by atoms with Gasteiger partial charge in [-0.2, -0.15) is 0 Å². The first-order chi connectivity index (χ1) is 12.5. The number of pyridine rings is 1. The molecule has 0 aliphatic rings. The van der Waals surface area contributed by atoms with Gasteiger partial charge in [0.05, 0.1) is 17.9 Å². The Labute approximate surface area is 161 Å². The van der Waals surface area contributed by atoms with Gasteiger partial charge in [-0.1, -0.05) is 41.6 Å². The maximum Gasteiger partial charge on any atom is 0.234 e. The van der Waals surface area contributed by atoms with Crippen molar-refractivity contribution < 1.29 is 9.53 Å². The van der Waals surface area contributed by atoms with Gasteiger partial charge < -0.3 is 10.1 Å². The van der Waals surface area contributed by atoms with Crippen molar-refractivity contribution in [3.05, 3.63) is 58.6 Å². The number of halogens is 1. The summed E-state index contributed by atoms with van der Waals surface area (Å²) in [4.78, 5) is 16.9. The molecule has 26 heavy (non-hydrogen) atoms. The van der Waals surface area contributed by atoms with Gasteiger partial charge in [0, 0.05) is 16.1 Å². The number of carbonyl (C=O) groups excluding carboxylic acids is 1. The molecule has 0 radical (unpaired) electrons. The van der Waals surface area contributed by atoms with Crippen LogP contribution in [-0.2, 0) is 4.79 Å². The highest BCUT2D eigenvalue weighted by Gasteiger charge is 2.10. The quantitative estimate of drug-likeness (QED) is 0.609. The summed E-state index contributed by atoms with van der Waals surface area (Å²) >= 11 is 7.48. The fourth-order valence-corrected chi connectivity index (χ4v) is 3.55. The molecule has 0 saturated carbocycles. The van der Waals surface area contributed by atoms with E-state index in [9.17, 15) is 4.79 Å². The van der Waals surface area contributed by atoms with Crippen LogP contribution in [0, 0.1) is 13.8 Å². The van der Waals surface area contributed by atoms with Crippen LogP contribution in [0.4, 0.5) is 5.69 Å². The molecule has 1 aromatic heterocycles. The maximum atomic E-state index is 12.2. The Kier molecular flexibility index (Phi) is 5.69. The number of aromatic nitrogens is 1. The first-order valence-corrected chi connectivity index (χ1v) is 9.47. The first kappa shape index (κ1) is 18.5. The summed E-state index contributed by atoms with van der Waals surface area (Å²) in [6, 6.07) is 13.3. The second-order valence-electron chi connectivity index (χ2n) is 5.93. The number of rotatable bonds is 5. The summed E-state index contributed by atoms with van der Waals surface area (Å²) in [5.74, 6) is 0.889. The maximum absolute atomic E-state index is 12.2. The molecule has 2 aromatic carbocycles. The van der Waals surface area contributed by atoms with Crippen LogP contribution in [0.25, 0.3) is 10.9 Å². The Morgan fingerprint density at radius 2 is 2.00 bits per heavy atom. The number of benzene rings is 2. The minimum absolute atomic E-state index is 0.102. The van der Waals surface area contributed by atoms with E-state index in [4.69, 9.17) is 16.3 Å². The lowest BCUT2D eigenvalue weighted by atomic mass is 10.1. The van der Waals surface area contributed by atoms with E-state index in [-0.39, 0.29) is 11.7 Å². The van der Waals surface area contributed by atoms with Crippen LogP contribution < -0.4 is 10.1 Å². The Hall–Kier alpha value is -2.24. The Balaban J connectivity index is 1.72. The van der Waals surface area contributed by atoms with Gasteiger partial charge in [0.25, 0.3) is 0 Å². The van der Waals surface area contributed by atoms with Gasteiger partial charge in [-0.05, 0) is 49.2 Å². The number of carbonyl (C=O) groups is 1. The normalized spacial score (nSPS) is 10.8. The van der Waals surface area contributed by atoms with E-state index in [1.807, 2.05) is 50.2 Å². The van der Waals surface area contributed by atoms with E-state index in [0.717, 1.165) is 32.8 Å².